The van der Waals surface area contributed by atoms with Crippen LogP contribution in [0.2, 0.25) is 0 Å². The van der Waals surface area contributed by atoms with Gasteiger partial charge in [-0.15, -0.1) is 11.3 Å². The average Bonchev–Trinajstić information content (AvgIpc) is 3.11. The van der Waals surface area contributed by atoms with E-state index in [0.717, 1.165) is 41.0 Å². The van der Waals surface area contributed by atoms with Crippen LogP contribution in [0.5, 0.6) is 0 Å². The van der Waals surface area contributed by atoms with E-state index in [0.29, 0.717) is 18.0 Å². The largest absolute Gasteiger partial charge is 0.352 e. The molecule has 2 unspecified atom stereocenters. The summed E-state index contributed by atoms with van der Waals surface area (Å²) in [6, 6.07) is 1.89. The van der Waals surface area contributed by atoms with Crippen LogP contribution in [0, 0.1) is 30.1 Å². The first-order valence-electron chi connectivity index (χ1n) is 9.22. The summed E-state index contributed by atoms with van der Waals surface area (Å²) >= 11 is 1.51. The van der Waals surface area contributed by atoms with Crippen molar-refractivity contribution in [2.45, 2.75) is 52.4 Å². The van der Waals surface area contributed by atoms with Crippen LogP contribution < -0.4 is 10.6 Å². The Kier molecular flexibility index (Phi) is 3.94. The lowest BCUT2D eigenvalue weighted by Gasteiger charge is -2.31. The highest BCUT2D eigenvalue weighted by molar-refractivity contribution is 7.16. The van der Waals surface area contributed by atoms with Crippen molar-refractivity contribution in [2.24, 2.45) is 23.2 Å². The van der Waals surface area contributed by atoms with Crippen LogP contribution in [0.4, 0.5) is 5.00 Å². The number of aryl methyl sites for hydroxylation is 1. The molecule has 0 saturated heterocycles. The molecule has 0 spiro atoms. The minimum Gasteiger partial charge on any atom is -0.352 e. The van der Waals surface area contributed by atoms with E-state index in [1.807, 2.05) is 19.9 Å². The molecule has 5 rings (SSSR count). The number of rotatable bonds is 5. The van der Waals surface area contributed by atoms with Gasteiger partial charge in [-0.2, -0.15) is 0 Å². The molecule has 1 heterocycles. The normalized spacial score (nSPS) is 33.0. The van der Waals surface area contributed by atoms with Gasteiger partial charge in [-0.25, -0.2) is 0 Å². The number of hydrogen-bond acceptors (Lipinski definition) is 3. The molecule has 2 amide bonds. The fraction of sp³-hybridized carbons (Fsp3) is 0.684. The summed E-state index contributed by atoms with van der Waals surface area (Å²) in [5.41, 5.74) is 0.469. The van der Waals surface area contributed by atoms with E-state index in [9.17, 15) is 9.59 Å². The summed E-state index contributed by atoms with van der Waals surface area (Å²) in [4.78, 5) is 26.6. The molecule has 5 heteroatoms. The molecule has 24 heavy (non-hydrogen) atoms. The summed E-state index contributed by atoms with van der Waals surface area (Å²) in [5, 5.41) is 6.80. The third kappa shape index (κ3) is 2.48. The van der Waals surface area contributed by atoms with E-state index in [4.69, 9.17) is 0 Å². The van der Waals surface area contributed by atoms with Gasteiger partial charge in [-0.1, -0.05) is 6.92 Å². The maximum atomic E-state index is 13.1. The highest BCUT2D eigenvalue weighted by atomic mass is 32.1. The van der Waals surface area contributed by atoms with Crippen molar-refractivity contribution in [3.63, 3.8) is 0 Å². The lowest BCUT2D eigenvalue weighted by Crippen LogP contribution is -2.37. The third-order valence-corrected chi connectivity index (χ3v) is 7.27. The average molecular weight is 346 g/mol. The molecular weight excluding hydrogens is 320 g/mol. The van der Waals surface area contributed by atoms with E-state index in [2.05, 4.69) is 10.6 Å². The van der Waals surface area contributed by atoms with Crippen LogP contribution in [-0.2, 0) is 4.79 Å². The van der Waals surface area contributed by atoms with E-state index in [1.54, 1.807) is 0 Å². The molecule has 4 nitrogen and oxygen atoms in total. The summed E-state index contributed by atoms with van der Waals surface area (Å²) in [6.45, 7) is 4.68. The highest BCUT2D eigenvalue weighted by Gasteiger charge is 2.61. The topological polar surface area (TPSA) is 58.2 Å². The van der Waals surface area contributed by atoms with Gasteiger partial charge in [-0.05, 0) is 69.3 Å². The molecule has 1 aromatic rings. The van der Waals surface area contributed by atoms with Crippen LogP contribution >= 0.6 is 11.3 Å². The Morgan fingerprint density at radius 2 is 1.96 bits per heavy atom. The Morgan fingerprint density at radius 1 is 1.25 bits per heavy atom. The molecule has 0 aliphatic heterocycles. The van der Waals surface area contributed by atoms with E-state index < -0.39 is 0 Å². The summed E-state index contributed by atoms with van der Waals surface area (Å²) in [7, 11) is 0. The van der Waals surface area contributed by atoms with E-state index in [-0.39, 0.29) is 17.2 Å². The Morgan fingerprint density at radius 3 is 2.62 bits per heavy atom. The van der Waals surface area contributed by atoms with Crippen molar-refractivity contribution in [1.29, 1.82) is 0 Å². The number of amides is 2. The summed E-state index contributed by atoms with van der Waals surface area (Å²) in [5.74, 6) is 2.17. The number of thiophene rings is 1. The zero-order chi connectivity index (χ0) is 16.9. The van der Waals surface area contributed by atoms with Gasteiger partial charge in [0.1, 0.15) is 5.00 Å². The first kappa shape index (κ1) is 16.1. The predicted molar refractivity (Wildman–Crippen MR) is 96.3 cm³/mol. The molecule has 4 aliphatic carbocycles. The number of carbonyl (C=O) groups is 2. The number of hydrogen-bond donors (Lipinski definition) is 2. The lowest BCUT2D eigenvalue weighted by atomic mass is 9.75. The summed E-state index contributed by atoms with van der Waals surface area (Å²) < 4.78 is 0. The van der Waals surface area contributed by atoms with Crippen LogP contribution in [0.1, 0.15) is 60.7 Å². The molecular formula is C19H26N2O2S. The van der Waals surface area contributed by atoms with Crippen LogP contribution in [0.15, 0.2) is 6.07 Å². The van der Waals surface area contributed by atoms with Crippen LogP contribution in [-0.4, -0.2) is 18.4 Å². The highest BCUT2D eigenvalue weighted by Crippen LogP contribution is 2.65. The van der Waals surface area contributed by atoms with Crippen LogP contribution in [0.25, 0.3) is 0 Å². The number of nitrogens with one attached hydrogen (secondary N) is 2. The maximum absolute atomic E-state index is 13.1. The SMILES string of the molecule is CCCNC(=O)c1cc(C)sc1NC(=O)C12CC3CC(CC1C3)C2. The van der Waals surface area contributed by atoms with Crippen molar-refractivity contribution in [1.82, 2.24) is 5.32 Å². The van der Waals surface area contributed by atoms with Gasteiger partial charge in [0.15, 0.2) is 0 Å². The van der Waals surface area contributed by atoms with Crippen molar-refractivity contribution < 1.29 is 9.59 Å². The molecule has 4 saturated carbocycles. The zero-order valence-corrected chi connectivity index (χ0v) is 15.3. The second-order valence-corrected chi connectivity index (χ2v) is 9.27. The fourth-order valence-electron chi connectivity index (χ4n) is 5.50. The van der Waals surface area contributed by atoms with Crippen molar-refractivity contribution in [3.05, 3.63) is 16.5 Å². The minimum absolute atomic E-state index is 0.0776. The maximum Gasteiger partial charge on any atom is 0.254 e. The Bertz CT molecular complexity index is 667. The lowest BCUT2D eigenvalue weighted by molar-refractivity contribution is -0.127. The molecule has 1 aromatic heterocycles. The molecule has 4 bridgehead atoms. The second-order valence-electron chi connectivity index (χ2n) is 8.01. The summed E-state index contributed by atoms with van der Waals surface area (Å²) in [6.07, 6.45) is 6.82. The van der Waals surface area contributed by atoms with Crippen molar-refractivity contribution in [3.8, 4) is 0 Å². The predicted octanol–water partition coefficient (Wildman–Crippen LogP) is 3.96. The van der Waals surface area contributed by atoms with E-state index >= 15 is 0 Å². The molecule has 130 valence electrons. The van der Waals surface area contributed by atoms with Gasteiger partial charge in [0.2, 0.25) is 5.91 Å². The zero-order valence-electron chi connectivity index (χ0n) is 14.5. The molecule has 2 atom stereocenters. The minimum atomic E-state index is -0.150. The number of carbonyl (C=O) groups excluding carboxylic acids is 2. The smallest absolute Gasteiger partial charge is 0.254 e. The molecule has 0 radical (unpaired) electrons. The molecule has 0 aromatic carbocycles. The van der Waals surface area contributed by atoms with Gasteiger partial charge < -0.3 is 10.6 Å². The monoisotopic (exact) mass is 346 g/mol. The van der Waals surface area contributed by atoms with Gasteiger partial charge in [0.05, 0.1) is 11.0 Å². The molecule has 2 N–H and O–H groups in total. The van der Waals surface area contributed by atoms with Gasteiger partial charge in [0, 0.05) is 11.4 Å². The van der Waals surface area contributed by atoms with Crippen molar-refractivity contribution >= 4 is 28.2 Å². The van der Waals surface area contributed by atoms with Crippen LogP contribution in [0.3, 0.4) is 0 Å². The fourth-order valence-corrected chi connectivity index (χ4v) is 6.41. The molecule has 4 aliphatic rings. The Hall–Kier alpha value is -1.36. The van der Waals surface area contributed by atoms with Gasteiger partial charge >= 0.3 is 0 Å². The Balaban J connectivity index is 1.54. The Labute approximate surface area is 147 Å². The van der Waals surface area contributed by atoms with E-state index in [1.165, 1.54) is 30.6 Å². The number of anilines is 1. The third-order valence-electron chi connectivity index (χ3n) is 6.30. The van der Waals surface area contributed by atoms with Gasteiger partial charge in [0.25, 0.3) is 5.91 Å². The standard InChI is InChI=1S/C19H26N2O2S/c1-3-4-20-16(22)15-5-11(2)24-17(15)21-18(23)19-9-12-6-13(10-19)8-14(19)7-12/h5,12-14H,3-4,6-10H2,1-2H3,(H,20,22)(H,21,23). The quantitative estimate of drug-likeness (QED) is 0.848. The first-order valence-corrected chi connectivity index (χ1v) is 10.0. The van der Waals surface area contributed by atoms with Gasteiger partial charge in [-0.3, -0.25) is 9.59 Å². The first-order chi connectivity index (χ1) is 11.5. The molecule has 4 fully saturated rings. The van der Waals surface area contributed by atoms with Crippen molar-refractivity contribution in [2.75, 3.05) is 11.9 Å². The second kappa shape index (κ2) is 5.87.